The van der Waals surface area contributed by atoms with Crippen molar-refractivity contribution in [2.45, 2.75) is 38.1 Å². The van der Waals surface area contributed by atoms with Crippen LogP contribution in [0.5, 0.6) is 0 Å². The Balaban J connectivity index is 1.76. The third-order valence-corrected chi connectivity index (χ3v) is 4.38. The van der Waals surface area contributed by atoms with Gasteiger partial charge in [-0.3, -0.25) is 4.90 Å². The maximum Gasteiger partial charge on any atom is 0.136 e. The Bertz CT molecular complexity index is 783. The lowest BCUT2D eigenvalue weighted by molar-refractivity contribution is 0.0185. The lowest BCUT2D eigenvalue weighted by atomic mass is 9.93. The SMILES string of the molecule is C=CCC(O)(CC=C)c1ccc(CN(Cc2ccco2)Cc2ccco2)o1. The molecule has 142 valence electrons. The van der Waals surface area contributed by atoms with Gasteiger partial charge in [-0.15, -0.1) is 13.2 Å². The summed E-state index contributed by atoms with van der Waals surface area (Å²) in [6, 6.07) is 11.3. The molecule has 0 aliphatic heterocycles. The quantitative estimate of drug-likeness (QED) is 0.483. The zero-order chi connectivity index (χ0) is 19.1. The molecular weight excluding hydrogens is 342 g/mol. The maximum atomic E-state index is 10.9. The first kappa shape index (κ1) is 19.0. The van der Waals surface area contributed by atoms with Crippen molar-refractivity contribution >= 4 is 0 Å². The van der Waals surface area contributed by atoms with Crippen LogP contribution in [0.25, 0.3) is 0 Å². The normalized spacial score (nSPS) is 11.8. The van der Waals surface area contributed by atoms with Gasteiger partial charge in [0.25, 0.3) is 0 Å². The van der Waals surface area contributed by atoms with Gasteiger partial charge in [-0.25, -0.2) is 0 Å². The average molecular weight is 367 g/mol. The molecule has 0 fully saturated rings. The molecule has 3 rings (SSSR count). The minimum atomic E-state index is -1.12. The number of hydrogen-bond donors (Lipinski definition) is 1. The highest BCUT2D eigenvalue weighted by Gasteiger charge is 2.30. The van der Waals surface area contributed by atoms with Gasteiger partial charge in [0, 0.05) is 12.8 Å². The second kappa shape index (κ2) is 8.75. The van der Waals surface area contributed by atoms with Crippen molar-refractivity contribution in [3.05, 3.63) is 97.3 Å². The van der Waals surface area contributed by atoms with Gasteiger partial charge in [-0.1, -0.05) is 12.2 Å². The molecule has 0 unspecified atom stereocenters. The first-order valence-corrected chi connectivity index (χ1v) is 8.93. The summed E-state index contributed by atoms with van der Waals surface area (Å²) in [5.41, 5.74) is -1.12. The monoisotopic (exact) mass is 367 g/mol. The van der Waals surface area contributed by atoms with Gasteiger partial charge < -0.3 is 18.4 Å². The smallest absolute Gasteiger partial charge is 0.136 e. The third kappa shape index (κ3) is 4.90. The van der Waals surface area contributed by atoms with Crippen LogP contribution in [-0.2, 0) is 25.2 Å². The Labute approximate surface area is 159 Å². The molecular formula is C22H25NO4. The molecule has 0 aliphatic rings. The van der Waals surface area contributed by atoms with Crippen molar-refractivity contribution in [2.24, 2.45) is 0 Å². The Morgan fingerprint density at radius 3 is 1.89 bits per heavy atom. The summed E-state index contributed by atoms with van der Waals surface area (Å²) in [4.78, 5) is 2.15. The molecule has 0 aliphatic carbocycles. The minimum absolute atomic E-state index is 0.397. The van der Waals surface area contributed by atoms with Gasteiger partial charge in [-0.05, 0) is 36.4 Å². The minimum Gasteiger partial charge on any atom is -0.468 e. The lowest BCUT2D eigenvalue weighted by Crippen LogP contribution is -2.24. The zero-order valence-electron chi connectivity index (χ0n) is 15.3. The van der Waals surface area contributed by atoms with Gasteiger partial charge in [0.15, 0.2) is 0 Å². The van der Waals surface area contributed by atoms with Crippen LogP contribution >= 0.6 is 0 Å². The van der Waals surface area contributed by atoms with E-state index in [9.17, 15) is 5.11 Å². The van der Waals surface area contributed by atoms with Crippen LogP contribution in [-0.4, -0.2) is 10.0 Å². The van der Waals surface area contributed by atoms with Crippen LogP contribution < -0.4 is 0 Å². The van der Waals surface area contributed by atoms with E-state index in [-0.39, 0.29) is 0 Å². The van der Waals surface area contributed by atoms with E-state index in [1.54, 1.807) is 24.7 Å². The number of aliphatic hydroxyl groups is 1. The summed E-state index contributed by atoms with van der Waals surface area (Å²) in [5, 5.41) is 10.9. The molecule has 3 heterocycles. The van der Waals surface area contributed by atoms with E-state index in [0.717, 1.165) is 17.3 Å². The Hall–Kier alpha value is -2.76. The predicted octanol–water partition coefficient (Wildman–Crippen LogP) is 5.01. The number of hydrogen-bond acceptors (Lipinski definition) is 5. The van der Waals surface area contributed by atoms with E-state index >= 15 is 0 Å². The fourth-order valence-corrected chi connectivity index (χ4v) is 3.11. The van der Waals surface area contributed by atoms with Gasteiger partial charge >= 0.3 is 0 Å². The molecule has 3 aromatic rings. The molecule has 3 aromatic heterocycles. The van der Waals surface area contributed by atoms with E-state index in [2.05, 4.69) is 18.1 Å². The van der Waals surface area contributed by atoms with Gasteiger partial charge in [0.1, 0.15) is 28.6 Å². The highest BCUT2D eigenvalue weighted by molar-refractivity contribution is 5.17. The first-order chi connectivity index (χ1) is 13.1. The van der Waals surface area contributed by atoms with E-state index in [1.165, 1.54) is 0 Å². The van der Waals surface area contributed by atoms with Crippen LogP contribution in [0.2, 0.25) is 0 Å². The highest BCUT2D eigenvalue weighted by Crippen LogP contribution is 2.31. The predicted molar refractivity (Wildman–Crippen MR) is 103 cm³/mol. The summed E-state index contributed by atoms with van der Waals surface area (Å²) in [5.74, 6) is 3.01. The van der Waals surface area contributed by atoms with E-state index in [4.69, 9.17) is 13.3 Å². The second-order valence-electron chi connectivity index (χ2n) is 6.59. The van der Waals surface area contributed by atoms with Crippen molar-refractivity contribution in [1.29, 1.82) is 0 Å². The largest absolute Gasteiger partial charge is 0.468 e. The van der Waals surface area contributed by atoms with Crippen molar-refractivity contribution < 1.29 is 18.4 Å². The van der Waals surface area contributed by atoms with Crippen molar-refractivity contribution in [3.8, 4) is 0 Å². The summed E-state index contributed by atoms with van der Waals surface area (Å²) >= 11 is 0. The van der Waals surface area contributed by atoms with E-state index < -0.39 is 5.60 Å². The second-order valence-corrected chi connectivity index (χ2v) is 6.59. The van der Waals surface area contributed by atoms with Crippen molar-refractivity contribution in [3.63, 3.8) is 0 Å². The van der Waals surface area contributed by atoms with E-state index in [0.29, 0.717) is 38.2 Å². The van der Waals surface area contributed by atoms with Gasteiger partial charge in [0.05, 0.1) is 32.2 Å². The number of rotatable bonds is 11. The molecule has 5 heteroatoms. The highest BCUT2D eigenvalue weighted by atomic mass is 16.4. The van der Waals surface area contributed by atoms with Crippen LogP contribution in [0.4, 0.5) is 0 Å². The summed E-state index contributed by atoms with van der Waals surface area (Å²) in [7, 11) is 0. The summed E-state index contributed by atoms with van der Waals surface area (Å²) in [6.07, 6.45) is 7.49. The molecule has 1 N–H and O–H groups in total. The molecule has 0 atom stereocenters. The van der Waals surface area contributed by atoms with Crippen LogP contribution in [0, 0.1) is 0 Å². The summed E-state index contributed by atoms with van der Waals surface area (Å²) in [6.45, 7) is 9.25. The molecule has 0 spiro atoms. The van der Waals surface area contributed by atoms with Gasteiger partial charge in [-0.2, -0.15) is 0 Å². The topological polar surface area (TPSA) is 62.9 Å². The molecule has 5 nitrogen and oxygen atoms in total. The number of furan rings is 3. The molecule has 0 saturated heterocycles. The first-order valence-electron chi connectivity index (χ1n) is 8.93. The maximum absolute atomic E-state index is 10.9. The van der Waals surface area contributed by atoms with Crippen LogP contribution in [0.3, 0.4) is 0 Å². The molecule has 0 bridgehead atoms. The zero-order valence-corrected chi connectivity index (χ0v) is 15.3. The molecule has 0 aromatic carbocycles. The fourth-order valence-electron chi connectivity index (χ4n) is 3.11. The van der Waals surface area contributed by atoms with Crippen molar-refractivity contribution in [2.75, 3.05) is 0 Å². The Morgan fingerprint density at radius 1 is 0.852 bits per heavy atom. The van der Waals surface area contributed by atoms with Crippen molar-refractivity contribution in [1.82, 2.24) is 4.90 Å². The van der Waals surface area contributed by atoms with Crippen LogP contribution in [0.1, 0.15) is 35.9 Å². The standard InChI is InChI=1S/C22H25NO4/c1-3-11-22(24,12-4-2)21-10-9-20(27-21)17-23(15-18-7-5-13-25-18)16-19-8-6-14-26-19/h3-10,13-14,24H,1-2,11-12,15-17H2. The fraction of sp³-hybridized carbons (Fsp3) is 0.273. The lowest BCUT2D eigenvalue weighted by Gasteiger charge is -2.23. The van der Waals surface area contributed by atoms with E-state index in [1.807, 2.05) is 36.4 Å². The molecule has 27 heavy (non-hydrogen) atoms. The average Bonchev–Trinajstić information content (AvgIpc) is 3.38. The molecule has 0 amide bonds. The molecule has 0 radical (unpaired) electrons. The number of nitrogens with zero attached hydrogens (tertiary/aromatic N) is 1. The Morgan fingerprint density at radius 2 is 1.41 bits per heavy atom. The van der Waals surface area contributed by atoms with Gasteiger partial charge in [0.2, 0.25) is 0 Å². The summed E-state index contributed by atoms with van der Waals surface area (Å²) < 4.78 is 16.9. The third-order valence-electron chi connectivity index (χ3n) is 4.38. The van der Waals surface area contributed by atoms with Crippen LogP contribution in [0.15, 0.2) is 87.5 Å². The Kier molecular flexibility index (Phi) is 6.16. The molecule has 0 saturated carbocycles.